The van der Waals surface area contributed by atoms with Gasteiger partial charge in [-0.3, -0.25) is 13.9 Å². The molecular weight excluding hydrogens is 481 g/mol. The zero-order valence-corrected chi connectivity index (χ0v) is 21.4. The van der Waals surface area contributed by atoms with E-state index in [9.17, 15) is 22.4 Å². The normalized spacial score (nSPS) is 12.2. The topological polar surface area (TPSA) is 86.8 Å². The first-order chi connectivity index (χ1) is 16.0. The molecule has 186 valence electrons. The molecule has 0 radical (unpaired) electrons. The summed E-state index contributed by atoms with van der Waals surface area (Å²) in [6.07, 6.45) is 2.03. The van der Waals surface area contributed by atoms with Gasteiger partial charge in [-0.15, -0.1) is 0 Å². The largest absolute Gasteiger partial charge is 0.354 e. The lowest BCUT2D eigenvalue weighted by atomic mass is 10.1. The van der Waals surface area contributed by atoms with Crippen molar-refractivity contribution in [2.24, 2.45) is 0 Å². The molecule has 0 fully saturated rings. The van der Waals surface area contributed by atoms with Gasteiger partial charge in [0.05, 0.1) is 17.0 Å². The number of amides is 2. The Morgan fingerprint density at radius 1 is 1.12 bits per heavy atom. The molecule has 0 aliphatic heterocycles. The minimum Gasteiger partial charge on any atom is -0.354 e. The number of anilines is 1. The van der Waals surface area contributed by atoms with Crippen LogP contribution in [0.25, 0.3) is 0 Å². The van der Waals surface area contributed by atoms with Crippen LogP contribution in [0.5, 0.6) is 0 Å². The van der Waals surface area contributed by atoms with Crippen molar-refractivity contribution in [3.63, 3.8) is 0 Å². The van der Waals surface area contributed by atoms with Crippen molar-refractivity contribution in [3.05, 3.63) is 64.4 Å². The van der Waals surface area contributed by atoms with Crippen molar-refractivity contribution >= 4 is 39.1 Å². The fourth-order valence-electron chi connectivity index (χ4n) is 3.43. The molecule has 0 saturated heterocycles. The number of benzene rings is 2. The number of nitrogens with one attached hydrogen (secondary N) is 1. The highest BCUT2D eigenvalue weighted by Gasteiger charge is 2.31. The van der Waals surface area contributed by atoms with Gasteiger partial charge in [0.25, 0.3) is 0 Å². The van der Waals surface area contributed by atoms with Gasteiger partial charge in [0.15, 0.2) is 0 Å². The molecular formula is C24H31ClFN3O4S. The second kappa shape index (κ2) is 12.2. The van der Waals surface area contributed by atoms with Gasteiger partial charge in [-0.05, 0) is 43.5 Å². The number of nitrogens with zero attached hydrogens (tertiary/aromatic N) is 2. The monoisotopic (exact) mass is 511 g/mol. The van der Waals surface area contributed by atoms with Crippen LogP contribution < -0.4 is 9.62 Å². The molecule has 0 bridgehead atoms. The quantitative estimate of drug-likeness (QED) is 0.496. The third-order valence-corrected chi connectivity index (χ3v) is 6.71. The second-order valence-corrected chi connectivity index (χ2v) is 10.4. The third-order valence-electron chi connectivity index (χ3n) is 5.28. The van der Waals surface area contributed by atoms with E-state index >= 15 is 0 Å². The summed E-state index contributed by atoms with van der Waals surface area (Å²) >= 11 is 5.85. The van der Waals surface area contributed by atoms with Crippen LogP contribution in [0.15, 0.2) is 42.5 Å². The number of hydrogen-bond donors (Lipinski definition) is 1. The van der Waals surface area contributed by atoms with Crippen LogP contribution in [0.1, 0.15) is 37.8 Å². The minimum absolute atomic E-state index is 0.0565. The molecule has 2 aromatic rings. The lowest BCUT2D eigenvalue weighted by Crippen LogP contribution is -2.52. The van der Waals surface area contributed by atoms with Crippen LogP contribution in [0.2, 0.25) is 5.02 Å². The zero-order valence-electron chi connectivity index (χ0n) is 19.8. The summed E-state index contributed by atoms with van der Waals surface area (Å²) < 4.78 is 39.6. The Balaban J connectivity index is 2.43. The van der Waals surface area contributed by atoms with Crippen molar-refractivity contribution in [1.29, 1.82) is 0 Å². The first-order valence-electron chi connectivity index (χ1n) is 11.0. The van der Waals surface area contributed by atoms with Crippen LogP contribution >= 0.6 is 11.6 Å². The van der Waals surface area contributed by atoms with Gasteiger partial charge in [0.2, 0.25) is 21.8 Å². The SMILES string of the molecule is CCCNC(=O)[C@@H](CC)N(Cc1ccc(C)cc1)C(=O)CN(c1ccc(F)c(Cl)c1)S(C)(=O)=O. The molecule has 0 aromatic heterocycles. The lowest BCUT2D eigenvalue weighted by molar-refractivity contribution is -0.140. The fourth-order valence-corrected chi connectivity index (χ4v) is 4.45. The molecule has 1 N–H and O–H groups in total. The molecule has 0 heterocycles. The highest BCUT2D eigenvalue weighted by atomic mass is 35.5. The molecule has 0 aliphatic rings. The first-order valence-corrected chi connectivity index (χ1v) is 13.3. The Bertz CT molecular complexity index is 1110. The van der Waals surface area contributed by atoms with Gasteiger partial charge in [-0.1, -0.05) is 55.3 Å². The number of rotatable bonds is 11. The Morgan fingerprint density at radius 2 is 1.76 bits per heavy atom. The fraction of sp³-hybridized carbons (Fsp3) is 0.417. The molecule has 2 amide bonds. The van der Waals surface area contributed by atoms with E-state index in [1.54, 1.807) is 6.92 Å². The van der Waals surface area contributed by atoms with Crippen LogP contribution in [0.4, 0.5) is 10.1 Å². The third kappa shape index (κ3) is 7.43. The van der Waals surface area contributed by atoms with E-state index in [4.69, 9.17) is 11.6 Å². The highest BCUT2D eigenvalue weighted by Crippen LogP contribution is 2.25. The summed E-state index contributed by atoms with van der Waals surface area (Å²) in [5.41, 5.74) is 1.91. The molecule has 0 spiro atoms. The van der Waals surface area contributed by atoms with Gasteiger partial charge in [-0.2, -0.15) is 0 Å². The summed E-state index contributed by atoms with van der Waals surface area (Å²) in [6.45, 7) is 5.68. The van der Waals surface area contributed by atoms with Crippen LogP contribution in [0, 0.1) is 12.7 Å². The molecule has 10 heteroatoms. The summed E-state index contributed by atoms with van der Waals surface area (Å²) in [4.78, 5) is 27.8. The zero-order chi connectivity index (χ0) is 25.5. The molecule has 0 aliphatic carbocycles. The van der Waals surface area contributed by atoms with E-state index < -0.39 is 34.3 Å². The number of carbonyl (C=O) groups excluding carboxylic acids is 2. The van der Waals surface area contributed by atoms with Crippen molar-refractivity contribution in [3.8, 4) is 0 Å². The number of sulfonamides is 1. The summed E-state index contributed by atoms with van der Waals surface area (Å²) in [5.74, 6) is -1.57. The van der Waals surface area contributed by atoms with Crippen LogP contribution in [0.3, 0.4) is 0 Å². The Labute approximate surface area is 205 Å². The molecule has 2 aromatic carbocycles. The van der Waals surface area contributed by atoms with Crippen LogP contribution in [-0.4, -0.2) is 50.5 Å². The molecule has 7 nitrogen and oxygen atoms in total. The van der Waals surface area contributed by atoms with Crippen molar-refractivity contribution < 1.29 is 22.4 Å². The maximum absolute atomic E-state index is 13.6. The van der Waals surface area contributed by atoms with E-state index in [1.807, 2.05) is 38.1 Å². The lowest BCUT2D eigenvalue weighted by Gasteiger charge is -2.33. The molecule has 1 atom stereocenters. The number of carbonyl (C=O) groups is 2. The average molecular weight is 512 g/mol. The van der Waals surface area contributed by atoms with Gasteiger partial charge in [0, 0.05) is 13.1 Å². The average Bonchev–Trinajstić information content (AvgIpc) is 2.78. The van der Waals surface area contributed by atoms with E-state index in [2.05, 4.69) is 5.32 Å². The van der Waals surface area contributed by atoms with Gasteiger partial charge in [-0.25, -0.2) is 12.8 Å². The minimum atomic E-state index is -3.92. The molecule has 0 unspecified atom stereocenters. The van der Waals surface area contributed by atoms with E-state index in [0.717, 1.165) is 40.2 Å². The van der Waals surface area contributed by atoms with E-state index in [0.29, 0.717) is 13.0 Å². The summed E-state index contributed by atoms with van der Waals surface area (Å²) in [7, 11) is -3.92. The number of aryl methyl sites for hydroxylation is 1. The predicted molar refractivity (Wildman–Crippen MR) is 133 cm³/mol. The van der Waals surface area contributed by atoms with Crippen LogP contribution in [-0.2, 0) is 26.2 Å². The highest BCUT2D eigenvalue weighted by molar-refractivity contribution is 7.92. The van der Waals surface area contributed by atoms with E-state index in [-0.39, 0.29) is 23.2 Å². The van der Waals surface area contributed by atoms with Crippen molar-refractivity contribution in [1.82, 2.24) is 10.2 Å². The van der Waals surface area contributed by atoms with E-state index in [1.165, 1.54) is 11.0 Å². The smallest absolute Gasteiger partial charge is 0.244 e. The summed E-state index contributed by atoms with van der Waals surface area (Å²) in [6, 6.07) is 10.2. The van der Waals surface area contributed by atoms with Crippen molar-refractivity contribution in [2.45, 2.75) is 46.2 Å². The standard InChI is InChI=1S/C24H31ClFN3O4S/c1-5-13-27-24(31)22(6-2)28(15-18-9-7-17(3)8-10-18)23(30)16-29(34(4,32)33)19-11-12-21(26)20(25)14-19/h7-12,14,22H,5-6,13,15-16H2,1-4H3,(H,27,31)/t22-/m1/s1. The molecule has 0 saturated carbocycles. The van der Waals surface area contributed by atoms with Gasteiger partial charge >= 0.3 is 0 Å². The number of halogens is 2. The Hall–Kier alpha value is -2.65. The number of hydrogen-bond acceptors (Lipinski definition) is 4. The maximum atomic E-state index is 13.6. The molecule has 34 heavy (non-hydrogen) atoms. The summed E-state index contributed by atoms with van der Waals surface area (Å²) in [5, 5.41) is 2.56. The Morgan fingerprint density at radius 3 is 2.29 bits per heavy atom. The second-order valence-electron chi connectivity index (χ2n) is 8.09. The maximum Gasteiger partial charge on any atom is 0.244 e. The molecule has 2 rings (SSSR count). The van der Waals surface area contributed by atoms with Gasteiger partial charge < -0.3 is 10.2 Å². The predicted octanol–water partition coefficient (Wildman–Crippen LogP) is 3.89. The van der Waals surface area contributed by atoms with Crippen molar-refractivity contribution in [2.75, 3.05) is 23.7 Å². The Kier molecular flexibility index (Phi) is 9.88. The first kappa shape index (κ1) is 27.6. The van der Waals surface area contributed by atoms with Gasteiger partial charge in [0.1, 0.15) is 18.4 Å².